The maximum atomic E-state index is 12.2. The third-order valence-corrected chi connectivity index (χ3v) is 4.51. The van der Waals surface area contributed by atoms with Crippen LogP contribution in [-0.2, 0) is 0 Å². The van der Waals surface area contributed by atoms with Crippen molar-refractivity contribution in [3.05, 3.63) is 24.3 Å². The lowest BCUT2D eigenvalue weighted by atomic mass is 9.89. The minimum Gasteiger partial charge on any atom is -0.497 e. The van der Waals surface area contributed by atoms with E-state index in [-0.39, 0.29) is 6.03 Å². The first kappa shape index (κ1) is 13.0. The Morgan fingerprint density at radius 3 is 2.53 bits per heavy atom. The first-order valence-corrected chi connectivity index (χ1v) is 7.28. The first-order chi connectivity index (χ1) is 9.17. The lowest BCUT2D eigenvalue weighted by Crippen LogP contribution is -2.69. The molecular formula is C13H16IN3O2. The highest BCUT2D eigenvalue weighted by molar-refractivity contribution is 14.1. The van der Waals surface area contributed by atoms with Crippen LogP contribution in [0.1, 0.15) is 6.42 Å². The summed E-state index contributed by atoms with van der Waals surface area (Å²) in [4.78, 5) is 14.2. The normalized spacial score (nSPS) is 25.7. The van der Waals surface area contributed by atoms with E-state index in [1.165, 1.54) is 0 Å². The summed E-state index contributed by atoms with van der Waals surface area (Å²) in [6.07, 6.45) is 1.13. The number of benzene rings is 1. The largest absolute Gasteiger partial charge is 0.497 e. The molecule has 2 atom stereocenters. The molecule has 1 aromatic carbocycles. The van der Waals surface area contributed by atoms with Gasteiger partial charge in [0.1, 0.15) is 5.75 Å². The Morgan fingerprint density at radius 2 is 1.95 bits per heavy atom. The van der Waals surface area contributed by atoms with Crippen LogP contribution in [0.25, 0.3) is 0 Å². The second-order valence-electron chi connectivity index (χ2n) is 4.94. The zero-order valence-corrected chi connectivity index (χ0v) is 12.8. The van der Waals surface area contributed by atoms with Crippen molar-refractivity contribution in [2.45, 2.75) is 18.5 Å². The predicted molar refractivity (Wildman–Crippen MR) is 81.6 cm³/mol. The molecule has 2 amide bonds. The molecule has 2 unspecified atom stereocenters. The molecule has 19 heavy (non-hydrogen) atoms. The molecule has 102 valence electrons. The molecule has 0 saturated carbocycles. The highest BCUT2D eigenvalue weighted by atomic mass is 127. The van der Waals surface area contributed by atoms with Crippen molar-refractivity contribution in [1.29, 1.82) is 0 Å². The van der Waals surface area contributed by atoms with E-state index >= 15 is 0 Å². The molecule has 2 saturated heterocycles. The Hall–Kier alpha value is -1.02. The van der Waals surface area contributed by atoms with Crippen molar-refractivity contribution >= 4 is 34.6 Å². The van der Waals surface area contributed by atoms with Crippen molar-refractivity contribution in [2.24, 2.45) is 0 Å². The summed E-state index contributed by atoms with van der Waals surface area (Å²) < 4.78 is 7.35. The van der Waals surface area contributed by atoms with E-state index in [2.05, 4.69) is 31.3 Å². The highest BCUT2D eigenvalue weighted by Gasteiger charge is 2.46. The van der Waals surface area contributed by atoms with E-state index in [0.717, 1.165) is 30.9 Å². The molecule has 2 fully saturated rings. The van der Waals surface area contributed by atoms with Gasteiger partial charge in [-0.05, 0) is 30.7 Å². The molecule has 0 radical (unpaired) electrons. The minimum absolute atomic E-state index is 0.0101. The van der Waals surface area contributed by atoms with Gasteiger partial charge in [0, 0.05) is 53.7 Å². The molecule has 3 rings (SSSR count). The van der Waals surface area contributed by atoms with Gasteiger partial charge in [0.15, 0.2) is 0 Å². The van der Waals surface area contributed by atoms with Crippen molar-refractivity contribution < 1.29 is 9.53 Å². The number of piperidine rings is 1. The molecule has 2 heterocycles. The summed E-state index contributed by atoms with van der Waals surface area (Å²) >= 11 is 2.33. The first-order valence-electron chi connectivity index (χ1n) is 6.31. The monoisotopic (exact) mass is 373 g/mol. The summed E-state index contributed by atoms with van der Waals surface area (Å²) in [6, 6.07) is 8.16. The van der Waals surface area contributed by atoms with Gasteiger partial charge in [0.05, 0.1) is 7.11 Å². The standard InChI is InChI=1S/C13H16IN3O2/c1-19-12-4-2-9(3-5-12)15-13(18)17-10-6-11(17)8-16(14)7-10/h2-5,10-11H,6-8H2,1H3,(H,15,18). The fraction of sp³-hybridized carbons (Fsp3) is 0.462. The predicted octanol–water partition coefficient (Wildman–Crippen LogP) is 2.34. The Kier molecular flexibility index (Phi) is 3.53. The van der Waals surface area contributed by atoms with Gasteiger partial charge in [-0.15, -0.1) is 0 Å². The molecule has 5 nitrogen and oxygen atoms in total. The van der Waals surface area contributed by atoms with E-state index < -0.39 is 0 Å². The zero-order valence-electron chi connectivity index (χ0n) is 10.7. The molecule has 1 aromatic rings. The average molecular weight is 373 g/mol. The van der Waals surface area contributed by atoms with Crippen LogP contribution in [0.2, 0.25) is 0 Å². The minimum atomic E-state index is 0.0101. The average Bonchev–Trinajstić information content (AvgIpc) is 2.39. The fourth-order valence-corrected chi connectivity index (χ4v) is 3.66. The SMILES string of the molecule is COc1ccc(NC(=O)N2C3CC2CN(I)C3)cc1. The number of likely N-dealkylation sites (tertiary alicyclic amines) is 1. The Bertz CT molecular complexity index is 467. The van der Waals surface area contributed by atoms with Crippen LogP contribution in [0.4, 0.5) is 10.5 Å². The fourth-order valence-electron chi connectivity index (χ4n) is 2.75. The van der Waals surface area contributed by atoms with E-state index in [1.54, 1.807) is 7.11 Å². The van der Waals surface area contributed by atoms with Gasteiger partial charge in [0.25, 0.3) is 0 Å². The van der Waals surface area contributed by atoms with Crippen LogP contribution in [0.5, 0.6) is 5.75 Å². The van der Waals surface area contributed by atoms with Gasteiger partial charge in [-0.2, -0.15) is 0 Å². The molecule has 0 spiro atoms. The van der Waals surface area contributed by atoms with Crippen LogP contribution in [0.3, 0.4) is 0 Å². The van der Waals surface area contributed by atoms with Gasteiger partial charge in [-0.3, -0.25) is 0 Å². The number of amides is 2. The van der Waals surface area contributed by atoms with Gasteiger partial charge in [-0.25, -0.2) is 7.91 Å². The van der Waals surface area contributed by atoms with Crippen molar-refractivity contribution in [1.82, 2.24) is 8.01 Å². The number of anilines is 1. The van der Waals surface area contributed by atoms with E-state index in [1.807, 2.05) is 29.2 Å². The molecule has 0 aliphatic carbocycles. The number of carbonyl (C=O) groups is 1. The summed E-state index contributed by atoms with van der Waals surface area (Å²) in [7, 11) is 1.63. The number of urea groups is 1. The number of nitrogens with one attached hydrogen (secondary N) is 1. The van der Waals surface area contributed by atoms with Gasteiger partial charge in [0.2, 0.25) is 0 Å². The Morgan fingerprint density at radius 1 is 1.32 bits per heavy atom. The topological polar surface area (TPSA) is 44.8 Å². The number of rotatable bonds is 2. The van der Waals surface area contributed by atoms with Gasteiger partial charge < -0.3 is 15.0 Å². The second-order valence-corrected chi connectivity index (χ2v) is 6.30. The lowest BCUT2D eigenvalue weighted by Gasteiger charge is -2.54. The number of fused-ring (bicyclic) bond motifs is 2. The number of methoxy groups -OCH3 is 1. The summed E-state index contributed by atoms with van der Waals surface area (Å²) in [5, 5.41) is 2.95. The molecular weight excluding hydrogens is 357 g/mol. The van der Waals surface area contributed by atoms with E-state index in [9.17, 15) is 4.79 Å². The molecule has 0 aromatic heterocycles. The number of piperazine rings is 1. The third kappa shape index (κ3) is 2.51. The highest BCUT2D eigenvalue weighted by Crippen LogP contribution is 2.34. The van der Waals surface area contributed by atoms with E-state index in [0.29, 0.717) is 12.1 Å². The number of ether oxygens (including phenoxy) is 1. The Balaban J connectivity index is 1.62. The molecule has 2 aliphatic heterocycles. The smallest absolute Gasteiger partial charge is 0.322 e. The number of carbonyl (C=O) groups excluding carboxylic acids is 1. The van der Waals surface area contributed by atoms with Crippen molar-refractivity contribution in [3.63, 3.8) is 0 Å². The molecule has 1 N–H and O–H groups in total. The third-order valence-electron chi connectivity index (χ3n) is 3.72. The Labute approximate surface area is 126 Å². The molecule has 6 heteroatoms. The summed E-state index contributed by atoms with van der Waals surface area (Å²) in [6.45, 7) is 1.93. The quantitative estimate of drug-likeness (QED) is 0.640. The second kappa shape index (κ2) is 5.16. The van der Waals surface area contributed by atoms with Crippen LogP contribution < -0.4 is 10.1 Å². The maximum Gasteiger partial charge on any atom is 0.322 e. The van der Waals surface area contributed by atoms with Gasteiger partial charge >= 0.3 is 6.03 Å². The number of hydrogen-bond donors (Lipinski definition) is 1. The number of hydrogen-bond acceptors (Lipinski definition) is 3. The zero-order chi connectivity index (χ0) is 13.4. The number of nitrogens with zero attached hydrogens (tertiary/aromatic N) is 2. The van der Waals surface area contributed by atoms with Crippen molar-refractivity contribution in [3.8, 4) is 5.75 Å². The van der Waals surface area contributed by atoms with Crippen LogP contribution >= 0.6 is 22.9 Å². The number of halogens is 1. The molecule has 2 bridgehead atoms. The van der Waals surface area contributed by atoms with E-state index in [4.69, 9.17) is 4.74 Å². The maximum absolute atomic E-state index is 12.2. The lowest BCUT2D eigenvalue weighted by molar-refractivity contribution is 0.00702. The summed E-state index contributed by atoms with van der Waals surface area (Å²) in [5.74, 6) is 0.791. The van der Waals surface area contributed by atoms with Gasteiger partial charge in [-0.1, -0.05) is 0 Å². The molecule has 2 aliphatic rings. The van der Waals surface area contributed by atoms with Crippen LogP contribution in [0, 0.1) is 0 Å². The van der Waals surface area contributed by atoms with Crippen LogP contribution in [-0.4, -0.2) is 46.3 Å². The van der Waals surface area contributed by atoms with Crippen LogP contribution in [0.15, 0.2) is 24.3 Å². The van der Waals surface area contributed by atoms with Crippen molar-refractivity contribution in [2.75, 3.05) is 25.5 Å². The summed E-state index contributed by atoms with van der Waals surface area (Å²) in [5.41, 5.74) is 0.808.